The second-order valence-electron chi connectivity index (χ2n) is 6.12. The van der Waals surface area contributed by atoms with Gasteiger partial charge in [-0.3, -0.25) is 4.79 Å². The van der Waals surface area contributed by atoms with Gasteiger partial charge in [0.05, 0.1) is 0 Å². The summed E-state index contributed by atoms with van der Waals surface area (Å²) in [5, 5.41) is 2.20. The zero-order valence-electron chi connectivity index (χ0n) is 13.1. The fourth-order valence-electron chi connectivity index (χ4n) is 3.35. The van der Waals surface area contributed by atoms with Crippen LogP contribution < -0.4 is 10.3 Å². The van der Waals surface area contributed by atoms with Crippen LogP contribution in [0, 0.1) is 11.6 Å². The van der Waals surface area contributed by atoms with Crippen LogP contribution in [0.5, 0.6) is 0 Å². The van der Waals surface area contributed by atoms with E-state index in [1.54, 1.807) is 12.1 Å². The van der Waals surface area contributed by atoms with Gasteiger partial charge in [0, 0.05) is 27.2 Å². The van der Waals surface area contributed by atoms with Gasteiger partial charge in [-0.05, 0) is 61.7 Å². The highest BCUT2D eigenvalue weighted by atomic mass is 32.1. The smallest absolute Gasteiger partial charge is 0.211 e. The van der Waals surface area contributed by atoms with E-state index >= 15 is 0 Å². The highest BCUT2D eigenvalue weighted by Gasteiger charge is 2.27. The maximum absolute atomic E-state index is 13.6. The number of rotatable bonds is 1. The monoisotopic (exact) mass is 343 g/mol. The average Bonchev–Trinajstić information content (AvgIpc) is 2.57. The number of nitrogens with zero attached hydrogens (tertiary/aromatic N) is 1. The molecule has 0 unspecified atom stereocenters. The lowest BCUT2D eigenvalue weighted by atomic mass is 9.96. The van der Waals surface area contributed by atoms with Crippen molar-refractivity contribution in [2.45, 2.75) is 25.8 Å². The van der Waals surface area contributed by atoms with E-state index in [0.29, 0.717) is 11.1 Å². The Labute approximate surface area is 142 Å². The summed E-state index contributed by atoms with van der Waals surface area (Å²) in [5.74, 6) is -0.688. The SMILES string of the molecule is C[C@@H]1CCc2cc(F)ccc2N1c1csc2ccc(F)cc2c1=O. The van der Waals surface area contributed by atoms with E-state index in [0.717, 1.165) is 28.8 Å². The summed E-state index contributed by atoms with van der Waals surface area (Å²) in [7, 11) is 0. The third kappa shape index (κ3) is 2.40. The van der Waals surface area contributed by atoms with Crippen molar-refractivity contribution in [2.75, 3.05) is 4.90 Å². The number of hydrogen-bond acceptors (Lipinski definition) is 3. The Bertz CT molecular complexity index is 998. The Morgan fingerprint density at radius 2 is 1.83 bits per heavy atom. The first kappa shape index (κ1) is 15.3. The topological polar surface area (TPSA) is 20.3 Å². The molecule has 0 fully saturated rings. The molecule has 5 heteroatoms. The van der Waals surface area contributed by atoms with E-state index < -0.39 is 5.82 Å². The Balaban J connectivity index is 1.94. The van der Waals surface area contributed by atoms with Crippen molar-refractivity contribution in [3.8, 4) is 0 Å². The van der Waals surface area contributed by atoms with E-state index in [-0.39, 0.29) is 17.3 Å². The van der Waals surface area contributed by atoms with Crippen LogP contribution in [0.15, 0.2) is 46.6 Å². The van der Waals surface area contributed by atoms with E-state index in [1.807, 2.05) is 17.2 Å². The number of fused-ring (bicyclic) bond motifs is 2. The molecule has 0 amide bonds. The standard InChI is InChI=1S/C19H15F2NOS/c1-11-2-3-12-8-13(20)4-6-16(12)22(11)17-10-24-18-7-5-14(21)9-15(18)19(17)23/h4-11H,2-3H2,1H3/t11-/m1/s1. The number of halogens is 2. The third-order valence-electron chi connectivity index (χ3n) is 4.55. The van der Waals surface area contributed by atoms with Gasteiger partial charge in [0.25, 0.3) is 0 Å². The number of anilines is 2. The minimum absolute atomic E-state index is 0.119. The van der Waals surface area contributed by atoms with E-state index in [1.165, 1.54) is 35.6 Å². The van der Waals surface area contributed by atoms with Gasteiger partial charge >= 0.3 is 0 Å². The molecule has 0 spiro atoms. The first-order valence-electron chi connectivity index (χ1n) is 7.83. The summed E-state index contributed by atoms with van der Waals surface area (Å²) in [6.45, 7) is 2.05. The quantitative estimate of drug-likeness (QED) is 0.619. The van der Waals surface area contributed by atoms with Crippen LogP contribution in [-0.2, 0) is 6.42 Å². The maximum Gasteiger partial charge on any atom is 0.211 e. The molecule has 0 radical (unpaired) electrons. The number of benzene rings is 2. The lowest BCUT2D eigenvalue weighted by Crippen LogP contribution is -2.36. The Kier molecular flexibility index (Phi) is 3.61. The van der Waals surface area contributed by atoms with Crippen LogP contribution in [0.4, 0.5) is 20.2 Å². The maximum atomic E-state index is 13.6. The van der Waals surface area contributed by atoms with Crippen molar-refractivity contribution in [2.24, 2.45) is 0 Å². The Hall–Kier alpha value is -2.27. The summed E-state index contributed by atoms with van der Waals surface area (Å²) in [6.07, 6.45) is 1.62. The van der Waals surface area contributed by atoms with Crippen LogP contribution in [0.3, 0.4) is 0 Å². The van der Waals surface area contributed by atoms with E-state index in [2.05, 4.69) is 0 Å². The zero-order chi connectivity index (χ0) is 16.8. The normalized spacial score (nSPS) is 17.1. The molecular weight excluding hydrogens is 328 g/mol. The van der Waals surface area contributed by atoms with Gasteiger partial charge in [-0.1, -0.05) is 0 Å². The lowest BCUT2D eigenvalue weighted by molar-refractivity contribution is 0.598. The van der Waals surface area contributed by atoms with Gasteiger partial charge in [0.15, 0.2) is 0 Å². The predicted octanol–water partition coefficient (Wildman–Crippen LogP) is 5.01. The van der Waals surface area contributed by atoms with Crippen LogP contribution >= 0.6 is 11.3 Å². The van der Waals surface area contributed by atoms with Gasteiger partial charge < -0.3 is 4.90 Å². The van der Waals surface area contributed by atoms with Gasteiger partial charge in [-0.25, -0.2) is 8.78 Å². The molecule has 4 rings (SSSR count). The molecule has 0 bridgehead atoms. The number of hydrogen-bond donors (Lipinski definition) is 0. The first-order chi connectivity index (χ1) is 11.5. The van der Waals surface area contributed by atoms with Gasteiger partial charge in [0.1, 0.15) is 17.3 Å². The molecule has 2 heterocycles. The minimum atomic E-state index is -0.418. The molecule has 24 heavy (non-hydrogen) atoms. The summed E-state index contributed by atoms with van der Waals surface area (Å²) >= 11 is 1.42. The molecule has 0 N–H and O–H groups in total. The molecule has 3 aromatic rings. The molecular formula is C19H15F2NOS. The lowest BCUT2D eigenvalue weighted by Gasteiger charge is -2.36. The minimum Gasteiger partial charge on any atom is -0.335 e. The van der Waals surface area contributed by atoms with Crippen molar-refractivity contribution in [3.63, 3.8) is 0 Å². The van der Waals surface area contributed by atoms with Crippen LogP contribution in [0.25, 0.3) is 10.1 Å². The highest BCUT2D eigenvalue weighted by molar-refractivity contribution is 7.16. The number of aryl methyl sites for hydroxylation is 1. The van der Waals surface area contributed by atoms with Crippen molar-refractivity contribution < 1.29 is 8.78 Å². The van der Waals surface area contributed by atoms with Crippen molar-refractivity contribution >= 4 is 32.8 Å². The predicted molar refractivity (Wildman–Crippen MR) is 94.4 cm³/mol. The second kappa shape index (κ2) is 5.67. The molecule has 0 saturated carbocycles. The van der Waals surface area contributed by atoms with Crippen molar-refractivity contribution in [1.29, 1.82) is 0 Å². The summed E-state index contributed by atoms with van der Waals surface area (Å²) in [6, 6.07) is 9.07. The molecule has 0 aliphatic carbocycles. The molecule has 0 saturated heterocycles. The summed E-state index contributed by atoms with van der Waals surface area (Å²) in [5.41, 5.74) is 2.09. The fraction of sp³-hybridized carbons (Fsp3) is 0.211. The largest absolute Gasteiger partial charge is 0.335 e. The molecule has 2 aromatic carbocycles. The molecule has 1 aromatic heterocycles. The zero-order valence-corrected chi connectivity index (χ0v) is 13.9. The molecule has 2 nitrogen and oxygen atoms in total. The van der Waals surface area contributed by atoms with Gasteiger partial charge in [-0.15, -0.1) is 11.3 Å². The van der Waals surface area contributed by atoms with Crippen LogP contribution in [0.1, 0.15) is 18.9 Å². The molecule has 1 atom stereocenters. The van der Waals surface area contributed by atoms with E-state index in [9.17, 15) is 13.6 Å². The fourth-order valence-corrected chi connectivity index (χ4v) is 4.23. The molecule has 1 aliphatic heterocycles. The Morgan fingerprint density at radius 1 is 1.08 bits per heavy atom. The highest BCUT2D eigenvalue weighted by Crippen LogP contribution is 2.37. The second-order valence-corrected chi connectivity index (χ2v) is 7.03. The van der Waals surface area contributed by atoms with Crippen molar-refractivity contribution in [3.05, 3.63) is 69.2 Å². The first-order valence-corrected chi connectivity index (χ1v) is 8.71. The van der Waals surface area contributed by atoms with E-state index in [4.69, 9.17) is 0 Å². The third-order valence-corrected chi connectivity index (χ3v) is 5.50. The molecule has 122 valence electrons. The van der Waals surface area contributed by atoms with Gasteiger partial charge in [-0.2, -0.15) is 0 Å². The molecule has 1 aliphatic rings. The Morgan fingerprint density at radius 3 is 2.67 bits per heavy atom. The van der Waals surface area contributed by atoms with Gasteiger partial charge in [0.2, 0.25) is 5.43 Å². The van der Waals surface area contributed by atoms with Crippen LogP contribution in [-0.4, -0.2) is 6.04 Å². The van der Waals surface area contributed by atoms with Crippen LogP contribution in [0.2, 0.25) is 0 Å². The average molecular weight is 343 g/mol. The summed E-state index contributed by atoms with van der Waals surface area (Å²) in [4.78, 5) is 14.9. The summed E-state index contributed by atoms with van der Waals surface area (Å²) < 4.78 is 27.9. The van der Waals surface area contributed by atoms with Crippen molar-refractivity contribution in [1.82, 2.24) is 0 Å².